The molecule has 2 heteroatoms. The van der Waals surface area contributed by atoms with E-state index in [0.717, 1.165) is 0 Å². The van der Waals surface area contributed by atoms with Crippen LogP contribution in [0.5, 0.6) is 0 Å². The van der Waals surface area contributed by atoms with Crippen LogP contribution in [-0.2, 0) is 0 Å². The van der Waals surface area contributed by atoms with Crippen LogP contribution < -0.4 is 0 Å². The molecule has 90 valence electrons. The summed E-state index contributed by atoms with van der Waals surface area (Å²) in [6.45, 7) is 2.42. The molecule has 1 aliphatic rings. The fourth-order valence-corrected chi connectivity index (χ4v) is 2.95. The number of hydrogen-bond acceptors (Lipinski definition) is 1. The maximum Gasteiger partial charge on any atom is 0.0483 e. The number of nitrogens with zero attached hydrogens (tertiary/aromatic N) is 2. The van der Waals surface area contributed by atoms with E-state index >= 15 is 0 Å². The van der Waals surface area contributed by atoms with Gasteiger partial charge in [0.15, 0.2) is 0 Å². The first-order chi connectivity index (χ1) is 8.34. The Morgan fingerprint density at radius 3 is 2.94 bits per heavy atom. The standard InChI is InChI=1S/C15H20N2/c1-16-10-5-4-7-14(12-16)17-11-9-13-6-2-3-8-15(13)17/h2-3,6,8-9,11,14H,4-5,7,10,12H2,1H3. The smallest absolute Gasteiger partial charge is 0.0483 e. The highest BCUT2D eigenvalue weighted by Gasteiger charge is 2.17. The molecule has 0 aliphatic carbocycles. The van der Waals surface area contributed by atoms with Gasteiger partial charge in [-0.1, -0.05) is 24.6 Å². The fourth-order valence-electron chi connectivity index (χ4n) is 2.95. The predicted octanol–water partition coefficient (Wildman–Crippen LogP) is 3.30. The molecule has 0 bridgehead atoms. The number of hydrogen-bond donors (Lipinski definition) is 0. The molecule has 0 spiro atoms. The number of fused-ring (bicyclic) bond motifs is 1. The quantitative estimate of drug-likeness (QED) is 0.727. The van der Waals surface area contributed by atoms with Crippen LogP contribution in [0.3, 0.4) is 0 Å². The predicted molar refractivity (Wildman–Crippen MR) is 72.3 cm³/mol. The van der Waals surface area contributed by atoms with Gasteiger partial charge in [0.1, 0.15) is 0 Å². The normalized spacial score (nSPS) is 22.8. The Morgan fingerprint density at radius 2 is 2.00 bits per heavy atom. The third kappa shape index (κ3) is 2.09. The van der Waals surface area contributed by atoms with Crippen molar-refractivity contribution in [2.24, 2.45) is 0 Å². The molecule has 1 aromatic heterocycles. The zero-order valence-electron chi connectivity index (χ0n) is 10.5. The minimum atomic E-state index is 0.641. The van der Waals surface area contributed by atoms with Crippen LogP contribution in [0.25, 0.3) is 10.9 Å². The highest BCUT2D eigenvalue weighted by atomic mass is 15.1. The van der Waals surface area contributed by atoms with Gasteiger partial charge in [0.05, 0.1) is 0 Å². The van der Waals surface area contributed by atoms with Gasteiger partial charge in [0.25, 0.3) is 0 Å². The lowest BCUT2D eigenvalue weighted by Crippen LogP contribution is -2.25. The van der Waals surface area contributed by atoms with E-state index in [2.05, 4.69) is 53.0 Å². The Hall–Kier alpha value is -1.28. The van der Waals surface area contributed by atoms with Gasteiger partial charge >= 0.3 is 0 Å². The first-order valence-electron chi connectivity index (χ1n) is 6.59. The molecule has 2 heterocycles. The van der Waals surface area contributed by atoms with Gasteiger partial charge in [-0.25, -0.2) is 0 Å². The summed E-state index contributed by atoms with van der Waals surface area (Å²) >= 11 is 0. The molecular weight excluding hydrogens is 208 g/mol. The Bertz CT molecular complexity index is 500. The monoisotopic (exact) mass is 228 g/mol. The molecule has 3 rings (SSSR count). The van der Waals surface area contributed by atoms with E-state index in [1.54, 1.807) is 0 Å². The molecule has 1 aromatic carbocycles. The third-order valence-corrected chi connectivity index (χ3v) is 3.87. The highest BCUT2D eigenvalue weighted by molar-refractivity contribution is 5.80. The van der Waals surface area contributed by atoms with Crippen molar-refractivity contribution in [3.63, 3.8) is 0 Å². The number of rotatable bonds is 1. The number of likely N-dealkylation sites (tertiary alicyclic amines) is 1. The fraction of sp³-hybridized carbons (Fsp3) is 0.467. The number of para-hydroxylation sites is 1. The lowest BCUT2D eigenvalue weighted by molar-refractivity contribution is 0.301. The molecule has 0 saturated carbocycles. The first kappa shape index (κ1) is 10.8. The van der Waals surface area contributed by atoms with Gasteiger partial charge in [0, 0.05) is 24.3 Å². The van der Waals surface area contributed by atoms with Crippen molar-refractivity contribution in [3.05, 3.63) is 36.5 Å². The van der Waals surface area contributed by atoms with Crippen molar-refractivity contribution in [2.45, 2.75) is 25.3 Å². The summed E-state index contributed by atoms with van der Waals surface area (Å²) in [7, 11) is 2.24. The average molecular weight is 228 g/mol. The summed E-state index contributed by atoms with van der Waals surface area (Å²) in [5.41, 5.74) is 1.38. The van der Waals surface area contributed by atoms with Crippen molar-refractivity contribution >= 4 is 10.9 Å². The molecule has 1 atom stereocenters. The van der Waals surface area contributed by atoms with Gasteiger partial charge in [-0.3, -0.25) is 0 Å². The highest BCUT2D eigenvalue weighted by Crippen LogP contribution is 2.25. The molecular formula is C15H20N2. The number of aromatic nitrogens is 1. The Kier molecular flexibility index (Phi) is 2.89. The van der Waals surface area contributed by atoms with Gasteiger partial charge in [-0.05, 0) is 44.0 Å². The second-order valence-electron chi connectivity index (χ2n) is 5.19. The van der Waals surface area contributed by atoms with Crippen LogP contribution in [-0.4, -0.2) is 29.6 Å². The van der Waals surface area contributed by atoms with Crippen molar-refractivity contribution in [3.8, 4) is 0 Å². The van der Waals surface area contributed by atoms with Crippen molar-refractivity contribution < 1.29 is 0 Å². The third-order valence-electron chi connectivity index (χ3n) is 3.87. The Labute approximate surface area is 103 Å². The van der Waals surface area contributed by atoms with E-state index in [4.69, 9.17) is 0 Å². The molecule has 2 aromatic rings. The van der Waals surface area contributed by atoms with Crippen LogP contribution in [0.2, 0.25) is 0 Å². The molecule has 2 nitrogen and oxygen atoms in total. The molecule has 1 saturated heterocycles. The summed E-state index contributed by atoms with van der Waals surface area (Å²) in [6, 6.07) is 11.6. The molecule has 0 amide bonds. The van der Waals surface area contributed by atoms with E-state index in [-0.39, 0.29) is 0 Å². The van der Waals surface area contributed by atoms with Crippen LogP contribution in [0.15, 0.2) is 36.5 Å². The van der Waals surface area contributed by atoms with Gasteiger partial charge in [-0.15, -0.1) is 0 Å². The van der Waals surface area contributed by atoms with Crippen LogP contribution in [0.1, 0.15) is 25.3 Å². The van der Waals surface area contributed by atoms with Gasteiger partial charge in [-0.2, -0.15) is 0 Å². The summed E-state index contributed by atoms with van der Waals surface area (Å²) < 4.78 is 2.47. The van der Waals surface area contributed by atoms with E-state index in [0.29, 0.717) is 6.04 Å². The zero-order valence-corrected chi connectivity index (χ0v) is 10.5. The largest absolute Gasteiger partial charge is 0.343 e. The van der Waals surface area contributed by atoms with E-state index in [1.165, 1.54) is 43.3 Å². The van der Waals surface area contributed by atoms with E-state index in [1.807, 2.05) is 0 Å². The topological polar surface area (TPSA) is 8.17 Å². The lowest BCUT2D eigenvalue weighted by Gasteiger charge is -2.22. The molecule has 1 unspecified atom stereocenters. The van der Waals surface area contributed by atoms with Crippen molar-refractivity contribution in [2.75, 3.05) is 20.1 Å². The second-order valence-corrected chi connectivity index (χ2v) is 5.19. The molecule has 1 aliphatic heterocycles. The molecule has 17 heavy (non-hydrogen) atoms. The average Bonchev–Trinajstić information content (AvgIpc) is 2.66. The minimum Gasteiger partial charge on any atom is -0.343 e. The van der Waals surface area contributed by atoms with Gasteiger partial charge in [0.2, 0.25) is 0 Å². The lowest BCUT2D eigenvalue weighted by atomic mass is 10.1. The summed E-state index contributed by atoms with van der Waals surface area (Å²) in [4.78, 5) is 2.46. The number of likely N-dealkylation sites (N-methyl/N-ethyl adjacent to an activating group) is 1. The van der Waals surface area contributed by atoms with Crippen molar-refractivity contribution in [1.82, 2.24) is 9.47 Å². The van der Waals surface area contributed by atoms with Gasteiger partial charge < -0.3 is 9.47 Å². The summed E-state index contributed by atoms with van der Waals surface area (Å²) in [6.07, 6.45) is 6.26. The summed E-state index contributed by atoms with van der Waals surface area (Å²) in [5, 5.41) is 1.36. The summed E-state index contributed by atoms with van der Waals surface area (Å²) in [5.74, 6) is 0. The van der Waals surface area contributed by atoms with Crippen molar-refractivity contribution in [1.29, 1.82) is 0 Å². The zero-order chi connectivity index (χ0) is 11.7. The Morgan fingerprint density at radius 1 is 1.12 bits per heavy atom. The van der Waals surface area contributed by atoms with E-state index < -0.39 is 0 Å². The van der Waals surface area contributed by atoms with Crippen LogP contribution in [0.4, 0.5) is 0 Å². The SMILES string of the molecule is CN1CCCCC(n2ccc3ccccc32)C1. The maximum atomic E-state index is 2.47. The minimum absolute atomic E-state index is 0.641. The number of benzene rings is 1. The first-order valence-corrected chi connectivity index (χ1v) is 6.59. The molecule has 0 N–H and O–H groups in total. The van der Waals surface area contributed by atoms with E-state index in [9.17, 15) is 0 Å². The van der Waals surface area contributed by atoms with Crippen LogP contribution >= 0.6 is 0 Å². The Balaban J connectivity index is 1.96. The second kappa shape index (κ2) is 4.53. The maximum absolute atomic E-state index is 2.47. The van der Waals surface area contributed by atoms with Crippen LogP contribution in [0, 0.1) is 0 Å². The molecule has 1 fully saturated rings. The molecule has 0 radical (unpaired) electrons.